The van der Waals surface area contributed by atoms with Crippen molar-refractivity contribution in [2.75, 3.05) is 6.54 Å². The number of hydrogen-bond donors (Lipinski definition) is 1. The van der Waals surface area contributed by atoms with Gasteiger partial charge in [0.05, 0.1) is 0 Å². The van der Waals surface area contributed by atoms with E-state index in [0.29, 0.717) is 6.04 Å². The lowest BCUT2D eigenvalue weighted by molar-refractivity contribution is 0.527. The van der Waals surface area contributed by atoms with Crippen LogP contribution < -0.4 is 5.32 Å². The second kappa shape index (κ2) is 7.47. The van der Waals surface area contributed by atoms with Gasteiger partial charge in [0.1, 0.15) is 0 Å². The maximum absolute atomic E-state index is 6.09. The van der Waals surface area contributed by atoms with Gasteiger partial charge in [-0.15, -0.1) is 0 Å². The Morgan fingerprint density at radius 2 is 1.90 bits per heavy atom. The molecule has 0 heterocycles. The number of nitrogens with one attached hydrogen (secondary N) is 1. The van der Waals surface area contributed by atoms with Gasteiger partial charge in [-0.3, -0.25) is 0 Å². The van der Waals surface area contributed by atoms with E-state index in [4.69, 9.17) is 11.6 Å². The highest BCUT2D eigenvalue weighted by Gasteiger charge is 2.13. The van der Waals surface area contributed by atoms with E-state index in [1.165, 1.54) is 16.7 Å². The second-order valence-electron chi connectivity index (χ2n) is 5.20. The van der Waals surface area contributed by atoms with Crippen molar-refractivity contribution in [3.63, 3.8) is 0 Å². The van der Waals surface area contributed by atoms with E-state index in [9.17, 15) is 0 Å². The molecule has 0 aliphatic heterocycles. The Hall–Kier alpha value is -1.31. The largest absolute Gasteiger partial charge is 0.310 e. The number of benzene rings is 2. The fourth-order valence-corrected chi connectivity index (χ4v) is 2.70. The molecule has 0 spiro atoms. The summed E-state index contributed by atoms with van der Waals surface area (Å²) in [6.07, 6.45) is 2.10. The predicted molar refractivity (Wildman–Crippen MR) is 87.4 cm³/mol. The Labute approximate surface area is 127 Å². The van der Waals surface area contributed by atoms with Crippen LogP contribution in [0.25, 0.3) is 0 Å². The summed E-state index contributed by atoms with van der Waals surface area (Å²) in [7, 11) is 0. The zero-order valence-corrected chi connectivity index (χ0v) is 13.0. The normalized spacial score (nSPS) is 12.3. The minimum Gasteiger partial charge on any atom is -0.310 e. The van der Waals surface area contributed by atoms with Crippen LogP contribution in [0.15, 0.2) is 48.5 Å². The Morgan fingerprint density at radius 1 is 1.10 bits per heavy atom. The molecular weight excluding hydrogens is 266 g/mol. The van der Waals surface area contributed by atoms with Crippen LogP contribution in [0.2, 0.25) is 5.02 Å². The summed E-state index contributed by atoms with van der Waals surface area (Å²) >= 11 is 6.09. The van der Waals surface area contributed by atoms with Crippen molar-refractivity contribution < 1.29 is 0 Å². The van der Waals surface area contributed by atoms with Gasteiger partial charge in [0.2, 0.25) is 0 Å². The molecule has 2 aromatic carbocycles. The van der Waals surface area contributed by atoms with Crippen molar-refractivity contribution in [2.24, 2.45) is 0 Å². The fourth-order valence-electron chi connectivity index (χ4n) is 2.49. The minimum atomic E-state index is 0.342. The molecular formula is C18H22ClN. The Morgan fingerprint density at radius 3 is 2.60 bits per heavy atom. The van der Waals surface area contributed by atoms with Crippen molar-refractivity contribution in [2.45, 2.75) is 32.7 Å². The van der Waals surface area contributed by atoms with Crippen molar-refractivity contribution in [3.8, 4) is 0 Å². The van der Waals surface area contributed by atoms with Crippen LogP contribution in [0.3, 0.4) is 0 Å². The van der Waals surface area contributed by atoms with Crippen LogP contribution in [-0.2, 0) is 6.42 Å². The van der Waals surface area contributed by atoms with E-state index in [1.54, 1.807) is 0 Å². The van der Waals surface area contributed by atoms with Crippen LogP contribution in [0, 0.1) is 6.92 Å². The summed E-state index contributed by atoms with van der Waals surface area (Å²) in [5.74, 6) is 0. The lowest BCUT2D eigenvalue weighted by atomic mass is 9.95. The minimum absolute atomic E-state index is 0.342. The fraction of sp³-hybridized carbons (Fsp3) is 0.333. The maximum atomic E-state index is 6.09. The smallest absolute Gasteiger partial charge is 0.0408 e. The highest BCUT2D eigenvalue weighted by molar-refractivity contribution is 6.30. The highest BCUT2D eigenvalue weighted by atomic mass is 35.5. The summed E-state index contributed by atoms with van der Waals surface area (Å²) in [4.78, 5) is 0. The lowest BCUT2D eigenvalue weighted by Gasteiger charge is -2.21. The monoisotopic (exact) mass is 287 g/mol. The van der Waals surface area contributed by atoms with Gasteiger partial charge in [0.25, 0.3) is 0 Å². The lowest BCUT2D eigenvalue weighted by Crippen LogP contribution is -2.24. The standard InChI is InChI=1S/C18H22ClN/c1-3-11-20-18(17-10-5-4-7-14(17)2)13-15-8-6-9-16(19)12-15/h4-10,12,18,20H,3,11,13H2,1-2H3. The molecule has 2 rings (SSSR count). The molecule has 0 bridgehead atoms. The van der Waals surface area contributed by atoms with Gasteiger partial charge in [-0.25, -0.2) is 0 Å². The highest BCUT2D eigenvalue weighted by Crippen LogP contribution is 2.23. The third-order valence-electron chi connectivity index (χ3n) is 3.53. The quantitative estimate of drug-likeness (QED) is 0.794. The molecule has 1 atom stereocenters. The first-order valence-corrected chi connectivity index (χ1v) is 7.62. The first-order chi connectivity index (χ1) is 9.70. The van der Waals surface area contributed by atoms with Crippen LogP contribution >= 0.6 is 11.6 Å². The van der Waals surface area contributed by atoms with E-state index in [-0.39, 0.29) is 0 Å². The average Bonchev–Trinajstić information content (AvgIpc) is 2.44. The van der Waals surface area contributed by atoms with Crippen LogP contribution in [0.4, 0.5) is 0 Å². The van der Waals surface area contributed by atoms with Gasteiger partial charge in [-0.2, -0.15) is 0 Å². The Bertz CT molecular complexity index is 551. The summed E-state index contributed by atoms with van der Waals surface area (Å²) in [6.45, 7) is 5.40. The third-order valence-corrected chi connectivity index (χ3v) is 3.77. The second-order valence-corrected chi connectivity index (χ2v) is 5.63. The molecule has 1 N–H and O–H groups in total. The number of aryl methyl sites for hydroxylation is 1. The van der Waals surface area contributed by atoms with E-state index < -0.39 is 0 Å². The van der Waals surface area contributed by atoms with Gasteiger partial charge in [-0.1, -0.05) is 54.9 Å². The van der Waals surface area contributed by atoms with Gasteiger partial charge in [-0.05, 0) is 55.1 Å². The zero-order chi connectivity index (χ0) is 14.4. The summed E-state index contributed by atoms with van der Waals surface area (Å²) < 4.78 is 0. The topological polar surface area (TPSA) is 12.0 Å². The summed E-state index contributed by atoms with van der Waals surface area (Å²) in [5.41, 5.74) is 3.98. The van der Waals surface area contributed by atoms with Crippen LogP contribution in [0.1, 0.15) is 36.1 Å². The van der Waals surface area contributed by atoms with Crippen molar-refractivity contribution in [3.05, 3.63) is 70.2 Å². The molecule has 0 aliphatic rings. The Kier molecular flexibility index (Phi) is 5.63. The molecule has 2 heteroatoms. The molecule has 1 unspecified atom stereocenters. The average molecular weight is 288 g/mol. The van der Waals surface area contributed by atoms with Crippen molar-refractivity contribution in [1.29, 1.82) is 0 Å². The maximum Gasteiger partial charge on any atom is 0.0408 e. The summed E-state index contributed by atoms with van der Waals surface area (Å²) in [5, 5.41) is 4.46. The zero-order valence-electron chi connectivity index (χ0n) is 12.2. The first-order valence-electron chi connectivity index (χ1n) is 7.24. The number of rotatable bonds is 6. The molecule has 106 valence electrons. The predicted octanol–water partition coefficient (Wildman–Crippen LogP) is 4.93. The van der Waals surface area contributed by atoms with E-state index >= 15 is 0 Å². The van der Waals surface area contributed by atoms with E-state index in [1.807, 2.05) is 12.1 Å². The van der Waals surface area contributed by atoms with Gasteiger partial charge >= 0.3 is 0 Å². The first kappa shape index (κ1) is 15.1. The molecule has 0 aromatic heterocycles. The molecule has 1 nitrogen and oxygen atoms in total. The molecule has 0 radical (unpaired) electrons. The van der Waals surface area contributed by atoms with Gasteiger partial charge in [0.15, 0.2) is 0 Å². The van der Waals surface area contributed by atoms with Crippen molar-refractivity contribution >= 4 is 11.6 Å². The number of hydrogen-bond acceptors (Lipinski definition) is 1. The molecule has 2 aromatic rings. The molecule has 0 aliphatic carbocycles. The summed E-state index contributed by atoms with van der Waals surface area (Å²) in [6, 6.07) is 17.1. The van der Waals surface area contributed by atoms with E-state index in [0.717, 1.165) is 24.4 Å². The van der Waals surface area contributed by atoms with Gasteiger partial charge in [0, 0.05) is 11.1 Å². The Balaban J connectivity index is 2.22. The molecule has 0 saturated carbocycles. The molecule has 0 fully saturated rings. The number of halogens is 1. The third kappa shape index (κ3) is 4.09. The van der Waals surface area contributed by atoms with Crippen LogP contribution in [-0.4, -0.2) is 6.54 Å². The SMILES string of the molecule is CCCNC(Cc1cccc(Cl)c1)c1ccccc1C. The molecule has 0 amide bonds. The van der Waals surface area contributed by atoms with E-state index in [2.05, 4.69) is 55.6 Å². The molecule has 20 heavy (non-hydrogen) atoms. The van der Waals surface area contributed by atoms with Gasteiger partial charge < -0.3 is 5.32 Å². The van der Waals surface area contributed by atoms with Crippen LogP contribution in [0.5, 0.6) is 0 Å². The molecule has 0 saturated heterocycles. The van der Waals surface area contributed by atoms with Crippen molar-refractivity contribution in [1.82, 2.24) is 5.32 Å².